The lowest BCUT2D eigenvalue weighted by atomic mass is 10.2. The fourth-order valence-corrected chi connectivity index (χ4v) is 3.70. The number of benzene rings is 3. The summed E-state index contributed by atoms with van der Waals surface area (Å²) in [7, 11) is -3.75. The Balaban J connectivity index is 1.53. The summed E-state index contributed by atoms with van der Waals surface area (Å²) in [6, 6.07) is 16.4. The molecule has 0 heterocycles. The Bertz CT molecular complexity index is 1180. The van der Waals surface area contributed by atoms with Crippen molar-refractivity contribution in [2.24, 2.45) is 0 Å². The maximum atomic E-state index is 12.6. The highest BCUT2D eigenvalue weighted by Crippen LogP contribution is 2.30. The number of halogens is 3. The molecule has 0 spiro atoms. The van der Waals surface area contributed by atoms with Crippen LogP contribution in [0.1, 0.15) is 11.1 Å². The third-order valence-corrected chi connectivity index (χ3v) is 5.70. The molecule has 32 heavy (non-hydrogen) atoms. The first-order valence-electron chi connectivity index (χ1n) is 9.32. The Morgan fingerprint density at radius 3 is 2.00 bits per heavy atom. The van der Waals surface area contributed by atoms with Gasteiger partial charge in [0.15, 0.2) is 6.61 Å². The van der Waals surface area contributed by atoms with Gasteiger partial charge < -0.3 is 10.1 Å². The van der Waals surface area contributed by atoms with Gasteiger partial charge in [0, 0.05) is 11.4 Å². The van der Waals surface area contributed by atoms with Crippen molar-refractivity contribution in [3.63, 3.8) is 0 Å². The van der Waals surface area contributed by atoms with Crippen molar-refractivity contribution in [2.75, 3.05) is 16.6 Å². The summed E-state index contributed by atoms with van der Waals surface area (Å²) < 4.78 is 70.1. The van der Waals surface area contributed by atoms with Crippen LogP contribution in [-0.2, 0) is 21.0 Å². The number of ether oxygens (including phenoxy) is 1. The third-order valence-electron chi connectivity index (χ3n) is 4.30. The van der Waals surface area contributed by atoms with Crippen LogP contribution < -0.4 is 14.8 Å². The average Bonchev–Trinajstić information content (AvgIpc) is 2.73. The second-order valence-electron chi connectivity index (χ2n) is 6.85. The highest BCUT2D eigenvalue weighted by atomic mass is 32.2. The number of sulfonamides is 1. The van der Waals surface area contributed by atoms with Gasteiger partial charge in [-0.25, -0.2) is 8.42 Å². The number of rotatable bonds is 7. The lowest BCUT2D eigenvalue weighted by Crippen LogP contribution is -2.20. The molecule has 168 valence electrons. The molecule has 0 saturated heterocycles. The van der Waals surface area contributed by atoms with Gasteiger partial charge in [0.25, 0.3) is 15.9 Å². The molecule has 1 amide bonds. The van der Waals surface area contributed by atoms with Gasteiger partial charge in [-0.1, -0.05) is 17.7 Å². The van der Waals surface area contributed by atoms with Crippen LogP contribution in [-0.4, -0.2) is 20.9 Å². The van der Waals surface area contributed by atoms with Crippen molar-refractivity contribution in [2.45, 2.75) is 18.0 Å². The Morgan fingerprint density at radius 2 is 1.44 bits per heavy atom. The zero-order chi connectivity index (χ0) is 23.4. The molecule has 0 fully saturated rings. The normalized spacial score (nSPS) is 11.6. The van der Waals surface area contributed by atoms with Crippen molar-refractivity contribution in [1.29, 1.82) is 0 Å². The molecule has 0 bridgehead atoms. The Hall–Kier alpha value is -3.53. The van der Waals surface area contributed by atoms with Crippen LogP contribution in [0.2, 0.25) is 0 Å². The standard InChI is InChI=1S/C22H19F3N2O4S/c1-15-2-12-20(13-3-15)32(29,30)27-18-8-6-17(7-9-18)26-21(28)14-31-19-10-4-16(5-11-19)22(23,24)25/h2-13,27H,14H2,1H3,(H,26,28). The van der Waals surface area contributed by atoms with Crippen molar-refractivity contribution in [1.82, 2.24) is 0 Å². The van der Waals surface area contributed by atoms with Crippen LogP contribution >= 0.6 is 0 Å². The number of anilines is 2. The Morgan fingerprint density at radius 1 is 0.875 bits per heavy atom. The Labute approximate surface area is 183 Å². The van der Waals surface area contributed by atoms with Crippen LogP contribution in [0.3, 0.4) is 0 Å². The number of alkyl halides is 3. The molecule has 3 aromatic rings. The smallest absolute Gasteiger partial charge is 0.416 e. The molecule has 0 radical (unpaired) electrons. The van der Waals surface area contributed by atoms with Crippen LogP contribution in [0, 0.1) is 6.92 Å². The summed E-state index contributed by atoms with van der Waals surface area (Å²) in [4.78, 5) is 12.1. The van der Waals surface area contributed by atoms with Crippen LogP contribution in [0.5, 0.6) is 5.75 Å². The molecule has 0 aliphatic rings. The summed E-state index contributed by atoms with van der Waals surface area (Å²) in [6.07, 6.45) is -4.45. The van der Waals surface area contributed by atoms with Gasteiger partial charge in [0.2, 0.25) is 0 Å². The van der Waals surface area contributed by atoms with E-state index in [1.54, 1.807) is 12.1 Å². The summed E-state index contributed by atoms with van der Waals surface area (Å²) in [5.74, 6) is -0.410. The highest BCUT2D eigenvalue weighted by molar-refractivity contribution is 7.92. The molecular weight excluding hydrogens is 445 g/mol. The minimum atomic E-state index is -4.45. The molecule has 0 aliphatic carbocycles. The topological polar surface area (TPSA) is 84.5 Å². The number of hydrogen-bond acceptors (Lipinski definition) is 4. The fraction of sp³-hybridized carbons (Fsp3) is 0.136. The first-order chi connectivity index (χ1) is 15.0. The predicted octanol–water partition coefficient (Wildman–Crippen LogP) is 4.83. The molecule has 0 aromatic heterocycles. The van der Waals surface area contributed by atoms with Gasteiger partial charge in [-0.3, -0.25) is 9.52 Å². The molecular formula is C22H19F3N2O4S. The van der Waals surface area contributed by atoms with Gasteiger partial charge in [-0.15, -0.1) is 0 Å². The van der Waals surface area contributed by atoms with Crippen molar-refractivity contribution >= 4 is 27.3 Å². The number of amides is 1. The van der Waals surface area contributed by atoms with E-state index in [1.807, 2.05) is 6.92 Å². The highest BCUT2D eigenvalue weighted by Gasteiger charge is 2.30. The SMILES string of the molecule is Cc1ccc(S(=O)(=O)Nc2ccc(NC(=O)COc3ccc(C(F)(F)F)cc3)cc2)cc1. The maximum Gasteiger partial charge on any atom is 0.416 e. The van der Waals surface area contributed by atoms with Crippen molar-refractivity contribution < 1.29 is 31.1 Å². The van der Waals surface area contributed by atoms with Gasteiger partial charge in [-0.2, -0.15) is 13.2 Å². The lowest BCUT2D eigenvalue weighted by Gasteiger charge is -2.11. The molecule has 0 atom stereocenters. The van der Waals surface area contributed by atoms with E-state index >= 15 is 0 Å². The lowest BCUT2D eigenvalue weighted by molar-refractivity contribution is -0.137. The minimum Gasteiger partial charge on any atom is -0.484 e. The summed E-state index contributed by atoms with van der Waals surface area (Å²) in [5.41, 5.74) is 0.827. The zero-order valence-electron chi connectivity index (χ0n) is 16.8. The van der Waals surface area contributed by atoms with E-state index in [4.69, 9.17) is 4.74 Å². The summed E-state index contributed by atoms with van der Waals surface area (Å²) in [5, 5.41) is 2.55. The van der Waals surface area contributed by atoms with Crippen LogP contribution in [0.4, 0.5) is 24.5 Å². The quantitative estimate of drug-likeness (QED) is 0.525. The molecule has 10 heteroatoms. The van der Waals surface area contributed by atoms with E-state index in [9.17, 15) is 26.4 Å². The predicted molar refractivity (Wildman–Crippen MR) is 114 cm³/mol. The van der Waals surface area contributed by atoms with Crippen LogP contribution in [0.25, 0.3) is 0 Å². The van der Waals surface area contributed by atoms with Gasteiger partial charge in [0.1, 0.15) is 5.75 Å². The van der Waals surface area contributed by atoms with E-state index in [-0.39, 0.29) is 10.6 Å². The third kappa shape index (κ3) is 6.24. The van der Waals surface area contributed by atoms with Gasteiger partial charge >= 0.3 is 6.18 Å². The monoisotopic (exact) mass is 464 g/mol. The largest absolute Gasteiger partial charge is 0.484 e. The van der Waals surface area contributed by atoms with Gasteiger partial charge in [0.05, 0.1) is 10.5 Å². The molecule has 3 rings (SSSR count). The van der Waals surface area contributed by atoms with E-state index in [1.165, 1.54) is 36.4 Å². The minimum absolute atomic E-state index is 0.119. The number of aryl methyl sites for hydroxylation is 1. The second kappa shape index (κ2) is 9.31. The van der Waals surface area contributed by atoms with Crippen molar-refractivity contribution in [3.8, 4) is 5.75 Å². The van der Waals surface area contributed by atoms with E-state index < -0.39 is 34.3 Å². The zero-order valence-corrected chi connectivity index (χ0v) is 17.6. The van der Waals surface area contributed by atoms with E-state index in [2.05, 4.69) is 10.0 Å². The average molecular weight is 464 g/mol. The summed E-state index contributed by atoms with van der Waals surface area (Å²) in [6.45, 7) is 1.44. The maximum absolute atomic E-state index is 12.6. The molecule has 0 saturated carbocycles. The molecule has 0 unspecified atom stereocenters. The van der Waals surface area contributed by atoms with E-state index in [0.29, 0.717) is 11.4 Å². The molecule has 3 aromatic carbocycles. The fourth-order valence-electron chi connectivity index (χ4n) is 2.64. The number of carbonyl (C=O) groups excluding carboxylic acids is 1. The van der Waals surface area contributed by atoms with Crippen LogP contribution in [0.15, 0.2) is 77.7 Å². The number of nitrogens with one attached hydrogen (secondary N) is 2. The number of carbonyl (C=O) groups is 1. The van der Waals surface area contributed by atoms with Gasteiger partial charge in [-0.05, 0) is 67.6 Å². The second-order valence-corrected chi connectivity index (χ2v) is 8.54. The Kier molecular flexibility index (Phi) is 6.73. The number of hydrogen-bond donors (Lipinski definition) is 2. The molecule has 2 N–H and O–H groups in total. The van der Waals surface area contributed by atoms with E-state index in [0.717, 1.165) is 29.8 Å². The van der Waals surface area contributed by atoms with Crippen molar-refractivity contribution in [3.05, 3.63) is 83.9 Å². The molecule has 0 aliphatic heterocycles. The first-order valence-corrected chi connectivity index (χ1v) is 10.8. The first kappa shape index (κ1) is 23.1. The summed E-state index contributed by atoms with van der Waals surface area (Å²) >= 11 is 0. The molecule has 6 nitrogen and oxygen atoms in total.